The number of aromatic nitrogens is 5. The highest BCUT2D eigenvalue weighted by atomic mass is 15.0. The Bertz CT molecular complexity index is 2640. The van der Waals surface area contributed by atoms with Crippen LogP contribution >= 0.6 is 0 Å². The molecule has 0 fully saturated rings. The Morgan fingerprint density at radius 3 is 0.907 bits per heavy atom. The van der Waals surface area contributed by atoms with Gasteiger partial charge in [0.25, 0.3) is 0 Å². The Morgan fingerprint density at radius 1 is 0.204 bits per heavy atom. The monoisotopic (exact) mass is 691 g/mol. The molecule has 9 rings (SSSR count). The first-order chi connectivity index (χ1) is 26.7. The maximum Gasteiger partial charge on any atom is 0.164 e. The summed E-state index contributed by atoms with van der Waals surface area (Å²) in [6.07, 6.45) is 7.01. The molecule has 0 aliphatic heterocycles. The summed E-state index contributed by atoms with van der Waals surface area (Å²) in [5, 5.41) is 0. The van der Waals surface area contributed by atoms with Crippen molar-refractivity contribution in [1.29, 1.82) is 0 Å². The van der Waals surface area contributed by atoms with Gasteiger partial charge in [-0.15, -0.1) is 0 Å². The van der Waals surface area contributed by atoms with Gasteiger partial charge < -0.3 is 0 Å². The van der Waals surface area contributed by atoms with E-state index in [2.05, 4.69) is 156 Å². The van der Waals surface area contributed by atoms with E-state index in [4.69, 9.17) is 15.0 Å². The number of benzene rings is 6. The van der Waals surface area contributed by atoms with E-state index in [1.165, 1.54) is 22.3 Å². The Labute approximate surface area is 314 Å². The zero-order valence-electron chi connectivity index (χ0n) is 29.3. The lowest BCUT2D eigenvalue weighted by Gasteiger charge is -2.13. The van der Waals surface area contributed by atoms with Gasteiger partial charge in [-0.05, 0) is 116 Å². The van der Waals surface area contributed by atoms with Crippen molar-refractivity contribution in [3.05, 3.63) is 201 Å². The minimum Gasteiger partial charge on any atom is -0.265 e. The van der Waals surface area contributed by atoms with Crippen LogP contribution in [-0.2, 0) is 0 Å². The van der Waals surface area contributed by atoms with Gasteiger partial charge in [0.2, 0.25) is 0 Å². The Hall–Kier alpha value is -7.37. The zero-order chi connectivity index (χ0) is 36.1. The summed E-state index contributed by atoms with van der Waals surface area (Å²) in [4.78, 5) is 23.4. The molecule has 5 heteroatoms. The summed E-state index contributed by atoms with van der Waals surface area (Å²) in [5.74, 6) is 1.75. The van der Waals surface area contributed by atoms with E-state index < -0.39 is 0 Å². The molecule has 0 aliphatic carbocycles. The first kappa shape index (κ1) is 32.5. The molecule has 9 aromatic rings. The first-order valence-corrected chi connectivity index (χ1v) is 17.9. The fraction of sp³-hybridized carbons (Fsp3) is 0. The lowest BCUT2D eigenvalue weighted by atomic mass is 9.93. The summed E-state index contributed by atoms with van der Waals surface area (Å²) in [6.45, 7) is 0. The molecule has 0 amide bonds. The molecule has 0 atom stereocenters. The molecule has 5 nitrogen and oxygen atoms in total. The fourth-order valence-electron chi connectivity index (χ4n) is 6.75. The van der Waals surface area contributed by atoms with E-state index >= 15 is 0 Å². The van der Waals surface area contributed by atoms with Gasteiger partial charge in [-0.1, -0.05) is 115 Å². The van der Waals surface area contributed by atoms with Crippen molar-refractivity contribution in [2.45, 2.75) is 0 Å². The van der Waals surface area contributed by atoms with Crippen molar-refractivity contribution in [3.8, 4) is 89.8 Å². The van der Waals surface area contributed by atoms with Crippen molar-refractivity contribution in [1.82, 2.24) is 24.9 Å². The van der Waals surface area contributed by atoms with Crippen LogP contribution in [0.5, 0.6) is 0 Å². The summed E-state index contributed by atoms with van der Waals surface area (Å²) in [5.41, 5.74) is 14.0. The number of hydrogen-bond donors (Lipinski definition) is 0. The normalized spacial score (nSPS) is 11.0. The third-order valence-corrected chi connectivity index (χ3v) is 9.51. The highest BCUT2D eigenvalue weighted by Gasteiger charge is 2.15. The second kappa shape index (κ2) is 14.7. The van der Waals surface area contributed by atoms with Crippen molar-refractivity contribution in [2.75, 3.05) is 0 Å². The van der Waals surface area contributed by atoms with Gasteiger partial charge in [-0.3, -0.25) is 9.97 Å². The van der Waals surface area contributed by atoms with Gasteiger partial charge in [0.15, 0.2) is 17.5 Å². The Morgan fingerprint density at radius 2 is 0.481 bits per heavy atom. The minimum absolute atomic E-state index is 0.581. The minimum atomic E-state index is 0.581. The first-order valence-electron chi connectivity index (χ1n) is 17.9. The van der Waals surface area contributed by atoms with Crippen LogP contribution in [0.1, 0.15) is 0 Å². The highest BCUT2D eigenvalue weighted by molar-refractivity contribution is 5.83. The molecule has 0 saturated carbocycles. The largest absolute Gasteiger partial charge is 0.265 e. The average molecular weight is 692 g/mol. The van der Waals surface area contributed by atoms with Crippen molar-refractivity contribution in [3.63, 3.8) is 0 Å². The molecule has 3 heterocycles. The Kier molecular flexibility index (Phi) is 8.86. The van der Waals surface area contributed by atoms with Gasteiger partial charge in [0.05, 0.1) is 0 Å². The second-order valence-corrected chi connectivity index (χ2v) is 13.1. The number of hydrogen-bond acceptors (Lipinski definition) is 5. The third-order valence-electron chi connectivity index (χ3n) is 9.51. The highest BCUT2D eigenvalue weighted by Crippen LogP contribution is 2.36. The molecule has 0 aliphatic rings. The predicted molar refractivity (Wildman–Crippen MR) is 219 cm³/mol. The van der Waals surface area contributed by atoms with Crippen LogP contribution in [0.4, 0.5) is 0 Å². The quantitative estimate of drug-likeness (QED) is 0.159. The molecular weight excluding hydrogens is 659 g/mol. The van der Waals surface area contributed by atoms with Crippen LogP contribution in [-0.4, -0.2) is 24.9 Å². The van der Waals surface area contributed by atoms with Crippen LogP contribution in [0.2, 0.25) is 0 Å². The summed E-state index contributed by atoms with van der Waals surface area (Å²) >= 11 is 0. The molecule has 0 radical (unpaired) electrons. The van der Waals surface area contributed by atoms with Gasteiger partial charge in [0.1, 0.15) is 0 Å². The molecule has 0 spiro atoms. The maximum absolute atomic E-state index is 5.03. The van der Waals surface area contributed by atoms with Gasteiger partial charge in [-0.25, -0.2) is 15.0 Å². The maximum atomic E-state index is 5.03. The van der Waals surface area contributed by atoms with Crippen molar-refractivity contribution < 1.29 is 0 Å². The standard InChI is InChI=1S/C49H33N5/c1-3-10-34(11-4-1)38-14-7-15-39(28-38)40-16-8-17-41(29-40)42-18-9-19-43(30-42)45-31-44(35-12-5-2-6-13-35)32-46(33-45)49-53-47(36-20-24-50-25-21-36)52-48(54-49)37-22-26-51-27-23-37/h1-33H. The second-order valence-electron chi connectivity index (χ2n) is 13.1. The third kappa shape index (κ3) is 6.94. The smallest absolute Gasteiger partial charge is 0.164 e. The SMILES string of the molecule is c1ccc(-c2cccc(-c3cccc(-c4cccc(-c5cc(-c6ccccc6)cc(-c6nc(-c7ccncc7)nc(-c7ccncc7)n6)c5)c4)c3)c2)cc1. The lowest BCUT2D eigenvalue weighted by molar-refractivity contribution is 1.07. The van der Waals surface area contributed by atoms with Gasteiger partial charge in [0, 0.05) is 41.5 Å². The molecule has 3 aromatic heterocycles. The van der Waals surface area contributed by atoms with Crippen LogP contribution in [0.25, 0.3) is 89.8 Å². The fourth-order valence-corrected chi connectivity index (χ4v) is 6.75. The number of rotatable bonds is 8. The molecule has 54 heavy (non-hydrogen) atoms. The average Bonchev–Trinajstić information content (AvgIpc) is 3.27. The van der Waals surface area contributed by atoms with Crippen LogP contribution < -0.4 is 0 Å². The molecule has 0 saturated heterocycles. The van der Waals surface area contributed by atoms with Crippen molar-refractivity contribution >= 4 is 0 Å². The van der Waals surface area contributed by atoms with Gasteiger partial charge >= 0.3 is 0 Å². The lowest BCUT2D eigenvalue weighted by Crippen LogP contribution is -2.00. The van der Waals surface area contributed by atoms with Crippen molar-refractivity contribution in [2.24, 2.45) is 0 Å². The summed E-state index contributed by atoms with van der Waals surface area (Å²) in [7, 11) is 0. The summed E-state index contributed by atoms with van der Waals surface area (Å²) in [6, 6.07) is 61.5. The van der Waals surface area contributed by atoms with Crippen LogP contribution in [0.15, 0.2) is 201 Å². The van der Waals surface area contributed by atoms with E-state index in [0.29, 0.717) is 17.5 Å². The number of nitrogens with zero attached hydrogens (tertiary/aromatic N) is 5. The topological polar surface area (TPSA) is 64.5 Å². The summed E-state index contributed by atoms with van der Waals surface area (Å²) < 4.78 is 0. The van der Waals surface area contributed by atoms with Crippen LogP contribution in [0.3, 0.4) is 0 Å². The van der Waals surface area contributed by atoms with E-state index in [0.717, 1.165) is 50.1 Å². The zero-order valence-corrected chi connectivity index (χ0v) is 29.3. The van der Waals surface area contributed by atoms with E-state index in [1.54, 1.807) is 24.8 Å². The van der Waals surface area contributed by atoms with Crippen LogP contribution in [0, 0.1) is 0 Å². The van der Waals surface area contributed by atoms with E-state index in [1.807, 2.05) is 30.3 Å². The Balaban J connectivity index is 1.14. The van der Waals surface area contributed by atoms with Gasteiger partial charge in [-0.2, -0.15) is 0 Å². The molecule has 0 unspecified atom stereocenters. The number of pyridine rings is 2. The molecule has 0 N–H and O–H groups in total. The van der Waals surface area contributed by atoms with E-state index in [-0.39, 0.29) is 0 Å². The molecular formula is C49H33N5. The predicted octanol–water partition coefficient (Wildman–Crippen LogP) is 12.0. The van der Waals surface area contributed by atoms with E-state index in [9.17, 15) is 0 Å². The molecule has 0 bridgehead atoms. The molecule has 6 aromatic carbocycles. The molecule has 254 valence electrons.